The topological polar surface area (TPSA) is 125 Å². The average molecular weight is 620 g/mol. The van der Waals surface area contributed by atoms with Crippen LogP contribution in [0.5, 0.6) is 5.75 Å². The highest BCUT2D eigenvalue weighted by Crippen LogP contribution is 2.32. The second-order valence-electron chi connectivity index (χ2n) is 12.3. The normalized spacial score (nSPS) is 19.6. The number of halogens is 2. The average Bonchev–Trinajstić information content (AvgIpc) is 3.33. The molecular formula is C33H35F2N5O5. The van der Waals surface area contributed by atoms with Crippen LogP contribution in [0, 0.1) is 11.3 Å². The molecule has 0 spiro atoms. The van der Waals surface area contributed by atoms with Gasteiger partial charge in [0, 0.05) is 24.5 Å². The van der Waals surface area contributed by atoms with Gasteiger partial charge in [0.15, 0.2) is 0 Å². The molecule has 2 aliphatic heterocycles. The van der Waals surface area contributed by atoms with Crippen molar-refractivity contribution in [3.63, 3.8) is 0 Å². The summed E-state index contributed by atoms with van der Waals surface area (Å²) in [5, 5.41) is 12.2. The summed E-state index contributed by atoms with van der Waals surface area (Å²) in [6.45, 7) is 5.21. The van der Waals surface area contributed by atoms with E-state index in [2.05, 4.69) is 10.3 Å². The first-order valence-corrected chi connectivity index (χ1v) is 14.8. The summed E-state index contributed by atoms with van der Waals surface area (Å²) in [6, 6.07) is 15.0. The van der Waals surface area contributed by atoms with Crippen LogP contribution >= 0.6 is 0 Å². The van der Waals surface area contributed by atoms with Crippen molar-refractivity contribution in [3.8, 4) is 22.9 Å². The lowest BCUT2D eigenvalue weighted by atomic mass is 10.0. The van der Waals surface area contributed by atoms with E-state index in [1.807, 2.05) is 57.2 Å². The smallest absolute Gasteiger partial charge is 0.410 e. The van der Waals surface area contributed by atoms with Gasteiger partial charge in [0.1, 0.15) is 23.5 Å². The number of fused-ring (bicyclic) bond motifs is 1. The Balaban J connectivity index is 1.25. The van der Waals surface area contributed by atoms with Gasteiger partial charge in [-0.3, -0.25) is 14.6 Å². The lowest BCUT2D eigenvalue weighted by Gasteiger charge is -2.34. The molecule has 3 amide bonds. The molecule has 2 fully saturated rings. The van der Waals surface area contributed by atoms with Gasteiger partial charge in [-0.15, -0.1) is 0 Å². The van der Waals surface area contributed by atoms with Crippen molar-refractivity contribution < 1.29 is 32.6 Å². The van der Waals surface area contributed by atoms with Crippen molar-refractivity contribution in [3.05, 3.63) is 60.3 Å². The van der Waals surface area contributed by atoms with Crippen LogP contribution in [-0.4, -0.2) is 82.5 Å². The number of rotatable bonds is 6. The molecular weight excluding hydrogens is 584 g/mol. The first kappa shape index (κ1) is 31.6. The molecule has 3 aromatic rings. The first-order chi connectivity index (χ1) is 21.3. The minimum absolute atomic E-state index is 0.162. The minimum Gasteiger partial charge on any atom is -0.489 e. The zero-order chi connectivity index (χ0) is 32.4. The predicted octanol–water partition coefficient (Wildman–Crippen LogP) is 5.17. The molecule has 1 aromatic heterocycles. The van der Waals surface area contributed by atoms with Gasteiger partial charge in [-0.25, -0.2) is 13.6 Å². The minimum atomic E-state index is -3.14. The summed E-state index contributed by atoms with van der Waals surface area (Å²) in [5.74, 6) is -3.79. The molecule has 5 rings (SSSR count). The number of nitrogens with one attached hydrogen (secondary N) is 1. The molecule has 236 valence electrons. The molecule has 3 heterocycles. The third-order valence-corrected chi connectivity index (χ3v) is 7.65. The number of aromatic nitrogens is 1. The summed E-state index contributed by atoms with van der Waals surface area (Å²) >= 11 is 0. The molecule has 2 atom stereocenters. The van der Waals surface area contributed by atoms with E-state index in [1.165, 1.54) is 12.3 Å². The summed E-state index contributed by atoms with van der Waals surface area (Å²) in [7, 11) is 0. The maximum absolute atomic E-state index is 13.8. The zero-order valence-corrected chi connectivity index (χ0v) is 25.4. The van der Waals surface area contributed by atoms with E-state index in [1.54, 1.807) is 17.0 Å². The Morgan fingerprint density at radius 3 is 2.56 bits per heavy atom. The predicted molar refractivity (Wildman–Crippen MR) is 162 cm³/mol. The quantitative estimate of drug-likeness (QED) is 0.404. The number of nitriles is 1. The number of likely N-dealkylation sites (tertiary alicyclic amines) is 2. The second-order valence-corrected chi connectivity index (χ2v) is 12.3. The van der Waals surface area contributed by atoms with E-state index in [9.17, 15) is 23.2 Å². The van der Waals surface area contributed by atoms with Gasteiger partial charge in [-0.2, -0.15) is 5.26 Å². The van der Waals surface area contributed by atoms with Crippen molar-refractivity contribution in [2.24, 2.45) is 0 Å². The van der Waals surface area contributed by atoms with Gasteiger partial charge >= 0.3 is 6.09 Å². The molecule has 0 bridgehead atoms. The number of pyridine rings is 1. The maximum atomic E-state index is 13.8. The van der Waals surface area contributed by atoms with Crippen molar-refractivity contribution in [1.29, 1.82) is 5.26 Å². The van der Waals surface area contributed by atoms with E-state index in [0.717, 1.165) is 28.9 Å². The summed E-state index contributed by atoms with van der Waals surface area (Å²) < 4.78 is 39.2. The lowest BCUT2D eigenvalue weighted by Crippen LogP contribution is -2.46. The number of piperidine rings is 1. The SMILES string of the molecule is CC(C)(C)OC(=O)N1CCCC(Oc2ccc(-c3ccc4nccc(C(=O)NCC(=O)N5CC(F)(F)C[C@H]5C#N)c4c3)cc2)C1. The molecule has 0 aliphatic carbocycles. The number of nitrogens with zero attached hydrogens (tertiary/aromatic N) is 4. The molecule has 2 saturated heterocycles. The van der Waals surface area contributed by atoms with E-state index in [-0.39, 0.29) is 17.8 Å². The lowest BCUT2D eigenvalue weighted by molar-refractivity contribution is -0.131. The third kappa shape index (κ3) is 7.66. The van der Waals surface area contributed by atoms with Crippen LogP contribution in [0.1, 0.15) is 50.4 Å². The number of amides is 3. The molecule has 45 heavy (non-hydrogen) atoms. The van der Waals surface area contributed by atoms with E-state index >= 15 is 0 Å². The van der Waals surface area contributed by atoms with E-state index < -0.39 is 48.9 Å². The maximum Gasteiger partial charge on any atom is 0.410 e. The standard InChI is InChI=1S/C33H35F2N5O5/c1-32(2,3)45-31(43)39-14-4-5-25(19-39)44-24-9-6-21(7-10-24)22-8-11-28-27(15-22)26(12-13-37-28)30(42)38-18-29(41)40-20-33(34,35)16-23(40)17-36/h6-13,15,23,25H,4-5,14,16,18-20H2,1-3H3,(H,38,42)/t23-,25?/m0/s1. The van der Waals surface area contributed by atoms with Gasteiger partial charge in [0.25, 0.3) is 11.8 Å². The number of hydrogen-bond donors (Lipinski definition) is 1. The highest BCUT2D eigenvalue weighted by atomic mass is 19.3. The van der Waals surface area contributed by atoms with Crippen molar-refractivity contribution >= 4 is 28.8 Å². The number of hydrogen-bond acceptors (Lipinski definition) is 7. The Kier molecular flexibility index (Phi) is 8.91. The number of alkyl halides is 2. The summed E-state index contributed by atoms with van der Waals surface area (Å²) in [6.07, 6.45) is 1.88. The van der Waals surface area contributed by atoms with Crippen molar-refractivity contribution in [1.82, 2.24) is 20.1 Å². The van der Waals surface area contributed by atoms with Crippen LogP contribution in [0.25, 0.3) is 22.0 Å². The zero-order valence-electron chi connectivity index (χ0n) is 25.4. The van der Waals surface area contributed by atoms with Crippen molar-refractivity contribution in [2.75, 3.05) is 26.2 Å². The molecule has 2 aliphatic rings. The van der Waals surface area contributed by atoms with Crippen LogP contribution in [0.2, 0.25) is 0 Å². The fraction of sp³-hybridized carbons (Fsp3) is 0.424. The largest absolute Gasteiger partial charge is 0.489 e. The monoisotopic (exact) mass is 619 g/mol. The van der Waals surface area contributed by atoms with Crippen LogP contribution < -0.4 is 10.1 Å². The van der Waals surface area contributed by atoms with Crippen molar-refractivity contribution in [2.45, 2.75) is 63.7 Å². The van der Waals surface area contributed by atoms with Crippen LogP contribution in [0.3, 0.4) is 0 Å². The molecule has 12 heteroatoms. The second kappa shape index (κ2) is 12.7. The highest BCUT2D eigenvalue weighted by molar-refractivity contribution is 6.07. The van der Waals surface area contributed by atoms with E-state index in [0.29, 0.717) is 29.7 Å². The Labute approximate surface area is 259 Å². The summed E-state index contributed by atoms with van der Waals surface area (Å²) in [4.78, 5) is 45.0. The van der Waals surface area contributed by atoms with Crippen LogP contribution in [-0.2, 0) is 9.53 Å². The van der Waals surface area contributed by atoms with Crippen LogP contribution in [0.4, 0.5) is 13.6 Å². The third-order valence-electron chi connectivity index (χ3n) is 7.65. The molecule has 10 nitrogen and oxygen atoms in total. The Morgan fingerprint density at radius 1 is 1.11 bits per heavy atom. The molecule has 0 saturated carbocycles. The molecule has 1 unspecified atom stereocenters. The Hall–Kier alpha value is -4.79. The number of ether oxygens (including phenoxy) is 2. The first-order valence-electron chi connectivity index (χ1n) is 14.8. The van der Waals surface area contributed by atoms with Gasteiger partial charge in [0.2, 0.25) is 5.91 Å². The van der Waals surface area contributed by atoms with Gasteiger partial charge in [-0.05, 0) is 75.1 Å². The molecule has 0 radical (unpaired) electrons. The van der Waals surface area contributed by atoms with Crippen LogP contribution in [0.15, 0.2) is 54.7 Å². The number of carbonyl (C=O) groups is 3. The van der Waals surface area contributed by atoms with Gasteiger partial charge in [0.05, 0.1) is 36.8 Å². The van der Waals surface area contributed by atoms with Gasteiger partial charge < -0.3 is 24.6 Å². The fourth-order valence-electron chi connectivity index (χ4n) is 5.52. The van der Waals surface area contributed by atoms with Gasteiger partial charge in [-0.1, -0.05) is 18.2 Å². The number of benzene rings is 2. The highest BCUT2D eigenvalue weighted by Gasteiger charge is 2.47. The molecule has 1 N–H and O–H groups in total. The number of carbonyl (C=O) groups excluding carboxylic acids is 3. The Morgan fingerprint density at radius 2 is 1.84 bits per heavy atom. The van der Waals surface area contributed by atoms with E-state index in [4.69, 9.17) is 14.7 Å². The molecule has 2 aromatic carbocycles. The fourth-order valence-corrected chi connectivity index (χ4v) is 5.52. The summed E-state index contributed by atoms with van der Waals surface area (Å²) in [5.41, 5.74) is 1.95. The Bertz CT molecular complexity index is 1630.